The Morgan fingerprint density at radius 3 is 1.76 bits per heavy atom. The molecule has 0 saturated carbocycles. The number of ether oxygens (including phenoxy) is 2. The Kier molecular flexibility index (Phi) is 10.0. The van der Waals surface area contributed by atoms with Crippen molar-refractivity contribution in [1.82, 2.24) is 0 Å². The first-order valence-corrected chi connectivity index (χ1v) is 13.2. The van der Waals surface area contributed by atoms with E-state index in [1.165, 1.54) is 12.1 Å². The molecule has 3 rings (SSSR count). The van der Waals surface area contributed by atoms with Gasteiger partial charge in [-0.15, -0.1) is 0 Å². The average molecular weight is 529 g/mol. The molecule has 0 aliphatic heterocycles. The summed E-state index contributed by atoms with van der Waals surface area (Å²) < 4.78 is 65.7. The fourth-order valence-electron chi connectivity index (χ4n) is 4.72. The molecule has 0 amide bonds. The van der Waals surface area contributed by atoms with E-state index in [0.717, 1.165) is 52.8 Å². The van der Waals surface area contributed by atoms with Crippen molar-refractivity contribution >= 4 is 5.57 Å². The number of halogens is 4. The molecule has 0 aromatic heterocycles. The highest BCUT2D eigenvalue weighted by Crippen LogP contribution is 2.38. The second-order valence-electron chi connectivity index (χ2n) is 9.12. The summed E-state index contributed by atoms with van der Waals surface area (Å²) in [7, 11) is 0. The monoisotopic (exact) mass is 528 g/mol. The van der Waals surface area contributed by atoms with Gasteiger partial charge < -0.3 is 9.47 Å². The van der Waals surface area contributed by atoms with Gasteiger partial charge in [-0.05, 0) is 83.3 Å². The molecule has 3 aromatic carbocycles. The lowest BCUT2D eigenvalue weighted by atomic mass is 9.86. The van der Waals surface area contributed by atoms with Crippen LogP contribution in [-0.2, 0) is 25.4 Å². The highest BCUT2D eigenvalue weighted by atomic mass is 19.4. The first-order chi connectivity index (χ1) is 18.2. The van der Waals surface area contributed by atoms with Crippen LogP contribution < -0.4 is 9.47 Å². The van der Waals surface area contributed by atoms with E-state index in [-0.39, 0.29) is 5.82 Å². The summed E-state index contributed by atoms with van der Waals surface area (Å²) >= 11 is 0. The zero-order valence-corrected chi connectivity index (χ0v) is 22.6. The minimum Gasteiger partial charge on any atom is -0.493 e. The van der Waals surface area contributed by atoms with Gasteiger partial charge in [-0.25, -0.2) is 4.39 Å². The molecule has 0 N–H and O–H groups in total. The molecule has 0 heterocycles. The zero-order chi connectivity index (χ0) is 27.9. The molecule has 0 atom stereocenters. The molecule has 6 heteroatoms. The number of alkyl halides is 3. The first-order valence-electron chi connectivity index (χ1n) is 13.2. The SMILES string of the molecule is C=C(CC)c1c(CC)c(CC)c(F)c(OCCCOc2ccc(-c3ccc(C(F)(F)F)cc3)cc2)c1CC. The lowest BCUT2D eigenvalue weighted by Gasteiger charge is -2.23. The summed E-state index contributed by atoms with van der Waals surface area (Å²) in [5.41, 5.74) is 5.48. The minimum atomic E-state index is -4.35. The second-order valence-corrected chi connectivity index (χ2v) is 9.12. The van der Waals surface area contributed by atoms with Crippen molar-refractivity contribution < 1.29 is 27.0 Å². The molecule has 0 aliphatic carbocycles. The van der Waals surface area contributed by atoms with Gasteiger partial charge in [-0.2, -0.15) is 13.2 Å². The van der Waals surface area contributed by atoms with Crippen LogP contribution in [-0.4, -0.2) is 13.2 Å². The lowest BCUT2D eigenvalue weighted by molar-refractivity contribution is -0.137. The zero-order valence-electron chi connectivity index (χ0n) is 22.6. The summed E-state index contributed by atoms with van der Waals surface area (Å²) in [6, 6.07) is 12.2. The molecule has 0 radical (unpaired) electrons. The fraction of sp³-hybridized carbons (Fsp3) is 0.375. The van der Waals surface area contributed by atoms with Crippen molar-refractivity contribution in [3.8, 4) is 22.6 Å². The van der Waals surface area contributed by atoms with Gasteiger partial charge >= 0.3 is 6.18 Å². The maximum Gasteiger partial charge on any atom is 0.416 e. The number of hydrogen-bond acceptors (Lipinski definition) is 2. The van der Waals surface area contributed by atoms with Crippen LogP contribution in [0.2, 0.25) is 0 Å². The third kappa shape index (κ3) is 6.58. The average Bonchev–Trinajstić information content (AvgIpc) is 2.92. The number of rotatable bonds is 12. The van der Waals surface area contributed by atoms with E-state index in [1.54, 1.807) is 24.3 Å². The van der Waals surface area contributed by atoms with E-state index >= 15 is 4.39 Å². The molecular formula is C32H36F4O2. The summed E-state index contributed by atoms with van der Waals surface area (Å²) in [5.74, 6) is 0.698. The van der Waals surface area contributed by atoms with Crippen molar-refractivity contribution in [3.05, 3.63) is 88.7 Å². The summed E-state index contributed by atoms with van der Waals surface area (Å²) in [5, 5.41) is 0. The molecular weight excluding hydrogens is 492 g/mol. The molecule has 38 heavy (non-hydrogen) atoms. The van der Waals surface area contributed by atoms with E-state index in [2.05, 4.69) is 13.5 Å². The second kappa shape index (κ2) is 13.0. The largest absolute Gasteiger partial charge is 0.493 e. The molecule has 0 spiro atoms. The van der Waals surface area contributed by atoms with Gasteiger partial charge in [0, 0.05) is 12.0 Å². The van der Waals surface area contributed by atoms with Crippen LogP contribution in [0.4, 0.5) is 17.6 Å². The van der Waals surface area contributed by atoms with Gasteiger partial charge in [-0.3, -0.25) is 0 Å². The number of allylic oxidation sites excluding steroid dienone is 1. The van der Waals surface area contributed by atoms with Gasteiger partial charge in [0.05, 0.1) is 18.8 Å². The molecule has 204 valence electrons. The van der Waals surface area contributed by atoms with Crippen LogP contribution in [0.15, 0.2) is 55.1 Å². The molecule has 0 bridgehead atoms. The molecule has 0 aliphatic rings. The Bertz CT molecular complexity index is 1230. The molecule has 0 unspecified atom stereocenters. The van der Waals surface area contributed by atoms with Crippen molar-refractivity contribution in [2.75, 3.05) is 13.2 Å². The van der Waals surface area contributed by atoms with Crippen LogP contribution in [0.1, 0.15) is 68.4 Å². The minimum absolute atomic E-state index is 0.270. The molecule has 2 nitrogen and oxygen atoms in total. The van der Waals surface area contributed by atoms with Gasteiger partial charge in [0.1, 0.15) is 5.75 Å². The van der Waals surface area contributed by atoms with Crippen LogP contribution in [0.25, 0.3) is 16.7 Å². The van der Waals surface area contributed by atoms with Crippen molar-refractivity contribution in [1.29, 1.82) is 0 Å². The van der Waals surface area contributed by atoms with Gasteiger partial charge in [-0.1, -0.05) is 58.5 Å². The Labute approximate surface area is 223 Å². The van der Waals surface area contributed by atoms with Gasteiger partial charge in [0.15, 0.2) is 11.6 Å². The molecule has 0 saturated heterocycles. The predicted octanol–water partition coefficient (Wildman–Crippen LogP) is 9.47. The fourth-order valence-corrected chi connectivity index (χ4v) is 4.72. The maximum absolute atomic E-state index is 15.5. The number of benzene rings is 3. The Balaban J connectivity index is 1.63. The van der Waals surface area contributed by atoms with E-state index < -0.39 is 11.7 Å². The van der Waals surface area contributed by atoms with Crippen molar-refractivity contribution in [3.63, 3.8) is 0 Å². The maximum atomic E-state index is 15.5. The highest BCUT2D eigenvalue weighted by Gasteiger charge is 2.30. The third-order valence-electron chi connectivity index (χ3n) is 6.75. The Morgan fingerprint density at radius 1 is 0.737 bits per heavy atom. The van der Waals surface area contributed by atoms with Crippen molar-refractivity contribution in [2.24, 2.45) is 0 Å². The highest BCUT2D eigenvalue weighted by molar-refractivity contribution is 5.73. The van der Waals surface area contributed by atoms with E-state index in [1.807, 2.05) is 20.8 Å². The lowest BCUT2D eigenvalue weighted by Crippen LogP contribution is -2.12. The summed E-state index contributed by atoms with van der Waals surface area (Å²) in [6.07, 6.45) is -1.02. The van der Waals surface area contributed by atoms with E-state index in [9.17, 15) is 13.2 Å². The van der Waals surface area contributed by atoms with E-state index in [0.29, 0.717) is 55.1 Å². The quantitative estimate of drug-likeness (QED) is 0.172. The third-order valence-corrected chi connectivity index (χ3v) is 6.75. The molecule has 0 fully saturated rings. The van der Waals surface area contributed by atoms with Gasteiger partial charge in [0.25, 0.3) is 0 Å². The topological polar surface area (TPSA) is 18.5 Å². The molecule has 3 aromatic rings. The van der Waals surface area contributed by atoms with Crippen LogP contribution in [0, 0.1) is 5.82 Å². The first kappa shape index (κ1) is 29.3. The van der Waals surface area contributed by atoms with Crippen LogP contribution in [0.3, 0.4) is 0 Å². The predicted molar refractivity (Wildman–Crippen MR) is 146 cm³/mol. The summed E-state index contributed by atoms with van der Waals surface area (Å²) in [4.78, 5) is 0. The van der Waals surface area contributed by atoms with E-state index in [4.69, 9.17) is 9.47 Å². The normalized spacial score (nSPS) is 11.5. The summed E-state index contributed by atoms with van der Waals surface area (Å²) in [6.45, 7) is 13.0. The smallest absolute Gasteiger partial charge is 0.416 e. The van der Waals surface area contributed by atoms with Crippen molar-refractivity contribution in [2.45, 2.75) is 66.0 Å². The van der Waals surface area contributed by atoms with Crippen LogP contribution in [0.5, 0.6) is 11.5 Å². The Morgan fingerprint density at radius 2 is 1.26 bits per heavy atom. The Hall–Kier alpha value is -3.28. The van der Waals surface area contributed by atoms with Gasteiger partial charge in [0.2, 0.25) is 0 Å². The standard InChI is InChI=1S/C32H36F4O2/c1-6-21(5)29-26(7-2)27(8-3)30(33)31(28(29)9-4)38-20-10-19-37-25-17-13-23(14-18-25)22-11-15-24(16-12-22)32(34,35)36/h11-18H,5-10,19-20H2,1-4H3. The number of hydrogen-bond donors (Lipinski definition) is 0. The van der Waals surface area contributed by atoms with Crippen LogP contribution >= 0.6 is 0 Å².